The second-order valence-corrected chi connectivity index (χ2v) is 5.71. The molecule has 0 saturated carbocycles. The summed E-state index contributed by atoms with van der Waals surface area (Å²) in [6.07, 6.45) is -19.9. The Morgan fingerprint density at radius 1 is 0.828 bits per heavy atom. The molecule has 1 aromatic carbocycles. The summed E-state index contributed by atoms with van der Waals surface area (Å²) in [5.41, 5.74) is -6.81. The molecule has 0 aromatic heterocycles. The number of rotatable bonds is 2. The van der Waals surface area contributed by atoms with Crippen LogP contribution in [0.2, 0.25) is 5.02 Å². The zero-order valence-electron chi connectivity index (χ0n) is 12.9. The van der Waals surface area contributed by atoms with Crippen LogP contribution in [0, 0.1) is 5.82 Å². The monoisotopic (exact) mass is 466 g/mol. The van der Waals surface area contributed by atoms with Crippen LogP contribution < -0.4 is 0 Å². The molecule has 0 fully saturated rings. The molecule has 0 aliphatic carbocycles. The molecular formula is C13H3ClF12N2O. The minimum atomic E-state index is -6.67. The fraction of sp³-hybridized carbons (Fsp3) is 0.385. The highest BCUT2D eigenvalue weighted by molar-refractivity contribution is 6.31. The van der Waals surface area contributed by atoms with Gasteiger partial charge < -0.3 is 4.74 Å². The van der Waals surface area contributed by atoms with E-state index in [4.69, 9.17) is 11.6 Å². The summed E-state index contributed by atoms with van der Waals surface area (Å²) < 4.78 is 161. The average molecular weight is 467 g/mol. The zero-order valence-corrected chi connectivity index (χ0v) is 13.7. The Morgan fingerprint density at radius 3 is 1.76 bits per heavy atom. The van der Waals surface area contributed by atoms with Gasteiger partial charge in [0.2, 0.25) is 5.90 Å². The Kier molecular flexibility index (Phi) is 5.31. The highest BCUT2D eigenvalue weighted by atomic mass is 35.5. The Hall–Kier alpha value is -2.19. The fourth-order valence-corrected chi connectivity index (χ4v) is 2.06. The van der Waals surface area contributed by atoms with Gasteiger partial charge in [-0.1, -0.05) is 11.6 Å². The summed E-state index contributed by atoms with van der Waals surface area (Å²) in [6.45, 7) is 0. The van der Waals surface area contributed by atoms with Crippen LogP contribution in [0.15, 0.2) is 28.2 Å². The third-order valence-corrected chi connectivity index (χ3v) is 3.59. The van der Waals surface area contributed by atoms with Gasteiger partial charge in [0.15, 0.2) is 0 Å². The molecule has 0 amide bonds. The van der Waals surface area contributed by atoms with Crippen molar-refractivity contribution < 1.29 is 57.4 Å². The standard InChI is InChI=1S/C13H3ClF12N2O/c14-5-3-4(1-2-6(5)15)7-27-10(12(21,22)23,13(24,25)26)28-8(29-7)9(16,17)11(18,19)20/h1-3H. The van der Waals surface area contributed by atoms with E-state index in [9.17, 15) is 52.7 Å². The first kappa shape index (κ1) is 23.1. The lowest BCUT2D eigenvalue weighted by Gasteiger charge is -2.35. The summed E-state index contributed by atoms with van der Waals surface area (Å²) in [5, 5.41) is -0.926. The van der Waals surface area contributed by atoms with E-state index in [0.29, 0.717) is 18.2 Å². The first-order valence-corrected chi connectivity index (χ1v) is 7.13. The van der Waals surface area contributed by atoms with Crippen molar-refractivity contribution in [2.24, 2.45) is 9.98 Å². The van der Waals surface area contributed by atoms with E-state index in [2.05, 4.69) is 9.73 Å². The van der Waals surface area contributed by atoms with Crippen molar-refractivity contribution in [3.05, 3.63) is 34.6 Å². The van der Waals surface area contributed by atoms with Gasteiger partial charge in [-0.3, -0.25) is 0 Å². The normalized spacial score (nSPS) is 18.1. The van der Waals surface area contributed by atoms with Crippen molar-refractivity contribution >= 4 is 23.4 Å². The van der Waals surface area contributed by atoms with E-state index in [1.54, 1.807) is 0 Å². The largest absolute Gasteiger partial charge is 0.463 e. The van der Waals surface area contributed by atoms with Gasteiger partial charge in [0.25, 0.3) is 5.90 Å². The first-order chi connectivity index (χ1) is 12.8. The van der Waals surface area contributed by atoms with E-state index < -0.39 is 58.3 Å². The number of aliphatic imine (C=N–C) groups is 2. The molecule has 1 aliphatic rings. The van der Waals surface area contributed by atoms with Gasteiger partial charge in [0.05, 0.1) is 5.02 Å². The molecule has 0 saturated heterocycles. The van der Waals surface area contributed by atoms with Crippen LogP contribution in [-0.2, 0) is 4.74 Å². The van der Waals surface area contributed by atoms with E-state index in [0.717, 1.165) is 0 Å². The minimum Gasteiger partial charge on any atom is -0.418 e. The van der Waals surface area contributed by atoms with Crippen LogP contribution >= 0.6 is 11.6 Å². The maximum Gasteiger partial charge on any atom is 0.463 e. The molecule has 3 nitrogen and oxygen atoms in total. The molecular weight excluding hydrogens is 464 g/mol. The molecule has 1 heterocycles. The van der Waals surface area contributed by atoms with Gasteiger partial charge >= 0.3 is 30.1 Å². The molecule has 0 spiro atoms. The zero-order chi connectivity index (χ0) is 22.6. The van der Waals surface area contributed by atoms with Gasteiger partial charge in [-0.15, -0.1) is 0 Å². The van der Waals surface area contributed by atoms with Crippen molar-refractivity contribution in [1.82, 2.24) is 0 Å². The summed E-state index contributed by atoms with van der Waals surface area (Å²) >= 11 is 5.29. The molecule has 0 N–H and O–H groups in total. The van der Waals surface area contributed by atoms with Crippen LogP contribution in [-0.4, -0.2) is 41.9 Å². The van der Waals surface area contributed by atoms with Crippen LogP contribution in [0.4, 0.5) is 52.7 Å². The van der Waals surface area contributed by atoms with Crippen molar-refractivity contribution in [2.45, 2.75) is 30.1 Å². The average Bonchev–Trinajstić information content (AvgIpc) is 2.53. The molecule has 2 rings (SSSR count). The maximum absolute atomic E-state index is 13.5. The van der Waals surface area contributed by atoms with Gasteiger partial charge in [0, 0.05) is 5.56 Å². The van der Waals surface area contributed by atoms with E-state index in [-0.39, 0.29) is 0 Å². The first-order valence-electron chi connectivity index (χ1n) is 6.75. The van der Waals surface area contributed by atoms with Gasteiger partial charge in [0.1, 0.15) is 5.82 Å². The minimum absolute atomic E-state index is 0.307. The molecule has 0 atom stereocenters. The predicted molar refractivity (Wildman–Crippen MR) is 72.3 cm³/mol. The number of benzene rings is 1. The van der Waals surface area contributed by atoms with E-state index in [1.807, 2.05) is 0 Å². The molecule has 0 bridgehead atoms. The lowest BCUT2D eigenvalue weighted by molar-refractivity contribution is -0.296. The summed E-state index contributed by atoms with van der Waals surface area (Å²) in [6, 6.07) is 1.08. The molecule has 162 valence electrons. The number of hydrogen-bond acceptors (Lipinski definition) is 3. The fourth-order valence-electron chi connectivity index (χ4n) is 1.88. The van der Waals surface area contributed by atoms with Crippen LogP contribution in [0.3, 0.4) is 0 Å². The molecule has 1 aliphatic heterocycles. The lowest BCUT2D eigenvalue weighted by atomic mass is 10.1. The third-order valence-electron chi connectivity index (χ3n) is 3.30. The Morgan fingerprint density at radius 2 is 1.34 bits per heavy atom. The van der Waals surface area contributed by atoms with Gasteiger partial charge in [-0.2, -0.15) is 48.3 Å². The highest BCUT2D eigenvalue weighted by Crippen LogP contribution is 2.50. The van der Waals surface area contributed by atoms with Crippen molar-refractivity contribution in [3.63, 3.8) is 0 Å². The maximum atomic E-state index is 13.5. The Balaban J connectivity index is 2.84. The van der Waals surface area contributed by atoms with Gasteiger partial charge in [-0.05, 0) is 18.2 Å². The molecule has 16 heteroatoms. The highest BCUT2D eigenvalue weighted by Gasteiger charge is 2.76. The van der Waals surface area contributed by atoms with Crippen molar-refractivity contribution in [1.29, 1.82) is 0 Å². The molecule has 0 unspecified atom stereocenters. The SMILES string of the molecule is Fc1ccc(C2=NC(C(F)(F)F)(C(F)(F)F)N=C(C(F)(F)C(F)(F)F)O2)cc1Cl. The lowest BCUT2D eigenvalue weighted by Crippen LogP contribution is -2.59. The predicted octanol–water partition coefficient (Wildman–Crippen LogP) is 5.67. The Labute approximate surface area is 156 Å². The van der Waals surface area contributed by atoms with Gasteiger partial charge in [-0.25, -0.2) is 14.4 Å². The molecule has 1 aromatic rings. The number of halogens is 13. The number of nitrogens with zero attached hydrogens (tertiary/aromatic N) is 2. The Bertz CT molecular complexity index is 854. The topological polar surface area (TPSA) is 34.0 Å². The second kappa shape index (κ2) is 6.67. The van der Waals surface area contributed by atoms with Crippen LogP contribution in [0.25, 0.3) is 0 Å². The summed E-state index contributed by atoms with van der Waals surface area (Å²) in [7, 11) is 0. The van der Waals surface area contributed by atoms with Crippen LogP contribution in [0.1, 0.15) is 5.56 Å². The van der Waals surface area contributed by atoms with E-state index >= 15 is 0 Å². The molecule has 0 radical (unpaired) electrons. The summed E-state index contributed by atoms with van der Waals surface area (Å²) in [4.78, 5) is 3.61. The second-order valence-electron chi connectivity index (χ2n) is 5.30. The molecule has 29 heavy (non-hydrogen) atoms. The van der Waals surface area contributed by atoms with Crippen LogP contribution in [0.5, 0.6) is 0 Å². The van der Waals surface area contributed by atoms with E-state index in [1.165, 1.54) is 4.99 Å². The number of alkyl halides is 11. The quantitative estimate of drug-likeness (QED) is 0.517. The smallest absolute Gasteiger partial charge is 0.418 e. The number of ether oxygens (including phenoxy) is 1. The van der Waals surface area contributed by atoms with Crippen molar-refractivity contribution in [2.75, 3.05) is 0 Å². The van der Waals surface area contributed by atoms with Crippen molar-refractivity contribution in [3.8, 4) is 0 Å². The number of hydrogen-bond donors (Lipinski definition) is 0. The summed E-state index contributed by atoms with van der Waals surface area (Å²) in [5.74, 6) is -12.8. The third kappa shape index (κ3) is 3.83.